The summed E-state index contributed by atoms with van der Waals surface area (Å²) in [6, 6.07) is 17.2. The molecule has 0 aromatic heterocycles. The van der Waals surface area contributed by atoms with Gasteiger partial charge in [-0.3, -0.25) is 9.52 Å². The molecule has 0 radical (unpaired) electrons. The molecule has 0 saturated heterocycles. The zero-order valence-corrected chi connectivity index (χ0v) is 20.0. The van der Waals surface area contributed by atoms with Gasteiger partial charge in [-0.1, -0.05) is 24.3 Å². The maximum Gasteiger partial charge on any atom is 0.262 e. The van der Waals surface area contributed by atoms with Crippen molar-refractivity contribution >= 4 is 21.6 Å². The fourth-order valence-electron chi connectivity index (χ4n) is 3.40. The second kappa shape index (κ2) is 10.4. The van der Waals surface area contributed by atoms with Gasteiger partial charge in [0.15, 0.2) is 0 Å². The predicted octanol–water partition coefficient (Wildman–Crippen LogP) is 4.09. The molecule has 1 amide bonds. The Balaban J connectivity index is 1.67. The van der Waals surface area contributed by atoms with Crippen molar-refractivity contribution in [3.8, 4) is 11.5 Å². The van der Waals surface area contributed by atoms with Gasteiger partial charge in [0.1, 0.15) is 11.5 Å². The van der Waals surface area contributed by atoms with Gasteiger partial charge in [0, 0.05) is 23.9 Å². The zero-order chi connectivity index (χ0) is 24.0. The minimum absolute atomic E-state index is 0.214. The topological polar surface area (TPSA) is 93.7 Å². The number of benzene rings is 3. The highest BCUT2D eigenvalue weighted by Gasteiger charge is 2.18. The summed E-state index contributed by atoms with van der Waals surface area (Å²) >= 11 is 0. The van der Waals surface area contributed by atoms with Crippen molar-refractivity contribution in [1.29, 1.82) is 0 Å². The first-order valence-corrected chi connectivity index (χ1v) is 11.9. The minimum atomic E-state index is -3.78. The lowest BCUT2D eigenvalue weighted by atomic mass is 10.1. The second-order valence-corrected chi connectivity index (χ2v) is 9.29. The molecule has 0 atom stereocenters. The smallest absolute Gasteiger partial charge is 0.262 e. The van der Waals surface area contributed by atoms with Crippen molar-refractivity contribution in [1.82, 2.24) is 5.32 Å². The maximum atomic E-state index is 12.9. The predicted molar refractivity (Wildman–Crippen MR) is 129 cm³/mol. The molecule has 3 aromatic rings. The summed E-state index contributed by atoms with van der Waals surface area (Å²) in [6.45, 7) is 3.97. The van der Waals surface area contributed by atoms with Crippen LogP contribution in [0.1, 0.15) is 27.0 Å². The van der Waals surface area contributed by atoms with E-state index in [0.29, 0.717) is 41.3 Å². The third-order valence-corrected chi connectivity index (χ3v) is 6.71. The number of hydrogen-bond acceptors (Lipinski definition) is 5. The molecule has 0 saturated carbocycles. The van der Waals surface area contributed by atoms with Gasteiger partial charge in [-0.15, -0.1) is 0 Å². The number of sulfonamides is 1. The van der Waals surface area contributed by atoms with Gasteiger partial charge in [-0.25, -0.2) is 8.42 Å². The van der Waals surface area contributed by atoms with Gasteiger partial charge in [0.25, 0.3) is 15.9 Å². The Morgan fingerprint density at radius 3 is 2.45 bits per heavy atom. The lowest BCUT2D eigenvalue weighted by Gasteiger charge is -2.13. The molecule has 0 aliphatic heterocycles. The Labute approximate surface area is 194 Å². The second-order valence-electron chi connectivity index (χ2n) is 7.64. The summed E-state index contributed by atoms with van der Waals surface area (Å²) in [6.07, 6.45) is 0.567. The van der Waals surface area contributed by atoms with E-state index in [1.807, 2.05) is 25.1 Å². The summed E-state index contributed by atoms with van der Waals surface area (Å²) in [5, 5.41) is 2.86. The number of carbonyl (C=O) groups is 1. The molecule has 0 unspecified atom stereocenters. The van der Waals surface area contributed by atoms with E-state index in [9.17, 15) is 13.2 Å². The van der Waals surface area contributed by atoms with Gasteiger partial charge in [0.2, 0.25) is 0 Å². The largest absolute Gasteiger partial charge is 0.497 e. The van der Waals surface area contributed by atoms with Crippen LogP contribution in [0.15, 0.2) is 65.6 Å². The van der Waals surface area contributed by atoms with Crippen LogP contribution in [0.3, 0.4) is 0 Å². The van der Waals surface area contributed by atoms with E-state index >= 15 is 0 Å². The third kappa shape index (κ3) is 6.04. The molecule has 174 valence electrons. The summed E-state index contributed by atoms with van der Waals surface area (Å²) in [5.74, 6) is 1.08. The van der Waals surface area contributed by atoms with Gasteiger partial charge in [0.05, 0.1) is 19.1 Å². The van der Waals surface area contributed by atoms with E-state index in [1.165, 1.54) is 6.07 Å². The van der Waals surface area contributed by atoms with Crippen LogP contribution in [0.25, 0.3) is 0 Å². The molecule has 0 aliphatic carbocycles. The molecule has 3 aromatic carbocycles. The molecule has 0 aliphatic rings. The molecule has 7 nitrogen and oxygen atoms in total. The fraction of sp³-hybridized carbons (Fsp3) is 0.240. The summed E-state index contributed by atoms with van der Waals surface area (Å²) in [7, 11) is -0.608. The highest BCUT2D eigenvalue weighted by Crippen LogP contribution is 2.25. The van der Waals surface area contributed by atoms with Crippen molar-refractivity contribution in [2.45, 2.75) is 25.2 Å². The molecule has 8 heteroatoms. The highest BCUT2D eigenvalue weighted by molar-refractivity contribution is 7.92. The minimum Gasteiger partial charge on any atom is -0.497 e. The van der Waals surface area contributed by atoms with Crippen LogP contribution in [0.2, 0.25) is 0 Å². The number of carbonyl (C=O) groups excluding carboxylic acids is 1. The van der Waals surface area contributed by atoms with Crippen LogP contribution in [-0.4, -0.2) is 35.1 Å². The first-order valence-electron chi connectivity index (χ1n) is 10.4. The van der Waals surface area contributed by atoms with E-state index in [2.05, 4.69) is 10.0 Å². The number of hydrogen-bond donors (Lipinski definition) is 2. The molecule has 3 rings (SSSR count). The summed E-state index contributed by atoms with van der Waals surface area (Å²) in [5.41, 5.74) is 3.12. The Morgan fingerprint density at radius 2 is 1.73 bits per heavy atom. The van der Waals surface area contributed by atoms with E-state index in [1.54, 1.807) is 57.5 Å². The van der Waals surface area contributed by atoms with Gasteiger partial charge in [-0.05, 0) is 67.3 Å². The third-order valence-electron chi connectivity index (χ3n) is 5.18. The lowest BCUT2D eigenvalue weighted by Crippen LogP contribution is -2.26. The Hall–Kier alpha value is -3.52. The Kier molecular flexibility index (Phi) is 7.60. The van der Waals surface area contributed by atoms with E-state index < -0.39 is 10.0 Å². The van der Waals surface area contributed by atoms with E-state index in [4.69, 9.17) is 9.47 Å². The Bertz CT molecular complexity index is 1260. The summed E-state index contributed by atoms with van der Waals surface area (Å²) < 4.78 is 38.9. The van der Waals surface area contributed by atoms with Gasteiger partial charge >= 0.3 is 0 Å². The molecule has 0 fully saturated rings. The number of rotatable bonds is 9. The molecular formula is C25H28N2O5S. The van der Waals surface area contributed by atoms with Crippen LogP contribution < -0.4 is 19.5 Å². The van der Waals surface area contributed by atoms with Crippen molar-refractivity contribution < 1.29 is 22.7 Å². The monoisotopic (exact) mass is 468 g/mol. The van der Waals surface area contributed by atoms with Crippen LogP contribution in [-0.2, 0) is 16.4 Å². The van der Waals surface area contributed by atoms with E-state index in [0.717, 1.165) is 11.1 Å². The maximum absolute atomic E-state index is 12.9. The number of anilines is 1. The number of methoxy groups -OCH3 is 2. The number of amides is 1. The van der Waals surface area contributed by atoms with Crippen LogP contribution in [0.5, 0.6) is 11.5 Å². The normalized spacial score (nSPS) is 11.0. The fourth-order valence-corrected chi connectivity index (χ4v) is 4.78. The SMILES string of the molecule is COc1ccc(CCNC(=O)c2cccc(NS(=O)(=O)c3cc(C)ccc3C)c2)c(OC)c1. The Morgan fingerprint density at radius 1 is 0.939 bits per heavy atom. The van der Waals surface area contributed by atoms with Crippen molar-refractivity contribution in [3.05, 3.63) is 82.9 Å². The average molecular weight is 469 g/mol. The molecule has 2 N–H and O–H groups in total. The first-order chi connectivity index (χ1) is 15.7. The standard InChI is InChI=1S/C25H28N2O5S/c1-17-8-9-18(2)24(14-17)33(29,30)27-21-7-5-6-20(15-21)25(28)26-13-12-19-10-11-22(31-3)16-23(19)32-4/h5-11,14-16,27H,12-13H2,1-4H3,(H,26,28). The summed E-state index contributed by atoms with van der Waals surface area (Å²) in [4.78, 5) is 12.9. The van der Waals surface area contributed by atoms with Crippen molar-refractivity contribution in [2.24, 2.45) is 0 Å². The first kappa shape index (κ1) is 24.1. The van der Waals surface area contributed by atoms with Crippen LogP contribution in [0.4, 0.5) is 5.69 Å². The molecule has 33 heavy (non-hydrogen) atoms. The zero-order valence-electron chi connectivity index (χ0n) is 19.1. The highest BCUT2D eigenvalue weighted by atomic mass is 32.2. The number of aryl methyl sites for hydroxylation is 2. The lowest BCUT2D eigenvalue weighted by molar-refractivity contribution is 0.0954. The van der Waals surface area contributed by atoms with Crippen molar-refractivity contribution in [2.75, 3.05) is 25.5 Å². The van der Waals surface area contributed by atoms with Crippen molar-refractivity contribution in [3.63, 3.8) is 0 Å². The van der Waals surface area contributed by atoms with E-state index in [-0.39, 0.29) is 10.8 Å². The average Bonchev–Trinajstić information content (AvgIpc) is 2.80. The molecular weight excluding hydrogens is 440 g/mol. The quantitative estimate of drug-likeness (QED) is 0.493. The molecule has 0 bridgehead atoms. The number of nitrogens with one attached hydrogen (secondary N) is 2. The number of ether oxygens (including phenoxy) is 2. The molecule has 0 heterocycles. The molecule has 0 spiro atoms. The van der Waals surface area contributed by atoms with Crippen LogP contribution >= 0.6 is 0 Å². The van der Waals surface area contributed by atoms with Gasteiger partial charge < -0.3 is 14.8 Å². The van der Waals surface area contributed by atoms with Gasteiger partial charge in [-0.2, -0.15) is 0 Å². The van der Waals surface area contributed by atoms with Crippen LogP contribution in [0, 0.1) is 13.8 Å².